The van der Waals surface area contributed by atoms with Crippen LogP contribution in [-0.2, 0) is 6.54 Å². The number of hydrogen-bond donors (Lipinski definition) is 0. The first-order valence-corrected chi connectivity index (χ1v) is 7.97. The molecule has 1 aromatic heterocycles. The molecule has 2 aromatic carbocycles. The molecule has 0 amide bonds. The van der Waals surface area contributed by atoms with Crippen molar-refractivity contribution in [1.82, 2.24) is 9.55 Å². The Bertz CT molecular complexity index is 780. The average molecular weight is 310 g/mol. The van der Waals surface area contributed by atoms with Crippen LogP contribution in [0.25, 0.3) is 11.0 Å². The average Bonchev–Trinajstić information content (AvgIpc) is 2.90. The second-order valence-electron chi connectivity index (χ2n) is 5.51. The van der Waals surface area contributed by atoms with Crippen LogP contribution in [0.2, 0.25) is 0 Å². The van der Waals surface area contributed by atoms with Crippen molar-refractivity contribution >= 4 is 11.0 Å². The number of aryl methyl sites for hydroxylation is 2. The van der Waals surface area contributed by atoms with E-state index in [0.717, 1.165) is 42.2 Å². The van der Waals surface area contributed by atoms with E-state index in [2.05, 4.69) is 34.7 Å². The molecule has 4 heteroatoms. The van der Waals surface area contributed by atoms with E-state index in [1.807, 2.05) is 30.3 Å². The summed E-state index contributed by atoms with van der Waals surface area (Å²) in [5, 5.41) is 0. The summed E-state index contributed by atoms with van der Waals surface area (Å²) in [7, 11) is 1.66. The fraction of sp³-hybridized carbons (Fsp3) is 0.316. The summed E-state index contributed by atoms with van der Waals surface area (Å²) in [6, 6.07) is 16.0. The van der Waals surface area contributed by atoms with Gasteiger partial charge in [-0.05, 0) is 44.0 Å². The van der Waals surface area contributed by atoms with Gasteiger partial charge in [-0.3, -0.25) is 0 Å². The Kier molecular flexibility index (Phi) is 4.81. The van der Waals surface area contributed by atoms with Crippen LogP contribution in [0.15, 0.2) is 48.5 Å². The Morgan fingerprint density at radius 1 is 0.957 bits per heavy atom. The maximum absolute atomic E-state index is 5.82. The van der Waals surface area contributed by atoms with E-state index in [-0.39, 0.29) is 0 Å². The first-order chi connectivity index (χ1) is 11.3. The third-order valence-electron chi connectivity index (χ3n) is 3.95. The van der Waals surface area contributed by atoms with E-state index >= 15 is 0 Å². The third-order valence-corrected chi connectivity index (χ3v) is 3.95. The lowest BCUT2D eigenvalue weighted by Crippen LogP contribution is -2.04. The number of hydrogen-bond acceptors (Lipinski definition) is 3. The summed E-state index contributed by atoms with van der Waals surface area (Å²) in [5.74, 6) is 2.65. The number of aromatic nitrogens is 2. The molecule has 0 fully saturated rings. The SMILES string of the molecule is COc1ccccc1OCCCCn1c(C)nc2ccccc21. The smallest absolute Gasteiger partial charge is 0.161 e. The predicted octanol–water partition coefficient (Wildman–Crippen LogP) is 4.21. The molecule has 0 saturated heterocycles. The van der Waals surface area contributed by atoms with Crippen LogP contribution in [0.5, 0.6) is 11.5 Å². The summed E-state index contributed by atoms with van der Waals surface area (Å²) in [5.41, 5.74) is 2.27. The highest BCUT2D eigenvalue weighted by atomic mass is 16.5. The molecule has 4 nitrogen and oxygen atoms in total. The first-order valence-electron chi connectivity index (χ1n) is 7.97. The molecule has 0 atom stereocenters. The van der Waals surface area contributed by atoms with Gasteiger partial charge in [0.2, 0.25) is 0 Å². The van der Waals surface area contributed by atoms with Crippen LogP contribution < -0.4 is 9.47 Å². The van der Waals surface area contributed by atoms with Crippen LogP contribution in [0.1, 0.15) is 18.7 Å². The monoisotopic (exact) mass is 310 g/mol. The number of fused-ring (bicyclic) bond motifs is 1. The fourth-order valence-corrected chi connectivity index (χ4v) is 2.77. The highest BCUT2D eigenvalue weighted by Crippen LogP contribution is 2.26. The Hall–Kier alpha value is -2.49. The number of para-hydroxylation sites is 4. The Morgan fingerprint density at radius 3 is 2.52 bits per heavy atom. The van der Waals surface area contributed by atoms with Crippen molar-refractivity contribution in [3.63, 3.8) is 0 Å². The van der Waals surface area contributed by atoms with Crippen molar-refractivity contribution in [1.29, 1.82) is 0 Å². The van der Waals surface area contributed by atoms with Crippen LogP contribution in [0, 0.1) is 6.92 Å². The molecule has 0 aliphatic rings. The van der Waals surface area contributed by atoms with Crippen molar-refractivity contribution in [3.8, 4) is 11.5 Å². The zero-order valence-electron chi connectivity index (χ0n) is 13.7. The largest absolute Gasteiger partial charge is 0.493 e. The summed E-state index contributed by atoms with van der Waals surface area (Å²) in [6.07, 6.45) is 2.04. The highest BCUT2D eigenvalue weighted by molar-refractivity contribution is 5.75. The topological polar surface area (TPSA) is 36.3 Å². The zero-order chi connectivity index (χ0) is 16.1. The molecule has 0 radical (unpaired) electrons. The summed E-state index contributed by atoms with van der Waals surface area (Å²) >= 11 is 0. The van der Waals surface area contributed by atoms with Gasteiger partial charge >= 0.3 is 0 Å². The van der Waals surface area contributed by atoms with Crippen molar-refractivity contribution in [3.05, 3.63) is 54.4 Å². The van der Waals surface area contributed by atoms with Gasteiger partial charge in [-0.15, -0.1) is 0 Å². The normalized spacial score (nSPS) is 10.9. The molecule has 0 unspecified atom stereocenters. The van der Waals surface area contributed by atoms with Gasteiger partial charge in [-0.25, -0.2) is 4.98 Å². The zero-order valence-corrected chi connectivity index (χ0v) is 13.7. The molecular weight excluding hydrogens is 288 g/mol. The molecule has 0 spiro atoms. The lowest BCUT2D eigenvalue weighted by atomic mass is 10.3. The molecule has 0 aliphatic carbocycles. The number of unbranched alkanes of at least 4 members (excludes halogenated alkanes) is 1. The van der Waals surface area contributed by atoms with Gasteiger partial charge in [0.1, 0.15) is 5.82 Å². The fourth-order valence-electron chi connectivity index (χ4n) is 2.77. The molecule has 1 heterocycles. The molecule has 3 rings (SSSR count). The Balaban J connectivity index is 1.52. The van der Waals surface area contributed by atoms with Gasteiger partial charge in [-0.1, -0.05) is 24.3 Å². The van der Waals surface area contributed by atoms with Crippen molar-refractivity contribution in [2.24, 2.45) is 0 Å². The van der Waals surface area contributed by atoms with Gasteiger partial charge in [0, 0.05) is 6.54 Å². The van der Waals surface area contributed by atoms with Crippen molar-refractivity contribution in [2.75, 3.05) is 13.7 Å². The maximum atomic E-state index is 5.82. The number of nitrogens with zero attached hydrogens (tertiary/aromatic N) is 2. The van der Waals surface area contributed by atoms with Crippen molar-refractivity contribution < 1.29 is 9.47 Å². The molecule has 0 N–H and O–H groups in total. The second-order valence-corrected chi connectivity index (χ2v) is 5.51. The van der Waals surface area contributed by atoms with E-state index in [4.69, 9.17) is 9.47 Å². The summed E-state index contributed by atoms with van der Waals surface area (Å²) in [6.45, 7) is 3.71. The summed E-state index contributed by atoms with van der Waals surface area (Å²) < 4.78 is 13.4. The lowest BCUT2D eigenvalue weighted by Gasteiger charge is -2.11. The van der Waals surface area contributed by atoms with Gasteiger partial charge < -0.3 is 14.0 Å². The minimum Gasteiger partial charge on any atom is -0.493 e. The van der Waals surface area contributed by atoms with E-state index in [9.17, 15) is 0 Å². The molecule has 3 aromatic rings. The third kappa shape index (κ3) is 3.47. The predicted molar refractivity (Wildman–Crippen MR) is 92.2 cm³/mol. The number of rotatable bonds is 7. The maximum Gasteiger partial charge on any atom is 0.161 e. The van der Waals surface area contributed by atoms with E-state index in [0.29, 0.717) is 6.61 Å². The van der Waals surface area contributed by atoms with Gasteiger partial charge in [0.05, 0.1) is 24.8 Å². The van der Waals surface area contributed by atoms with Gasteiger partial charge in [0.15, 0.2) is 11.5 Å². The van der Waals surface area contributed by atoms with Crippen LogP contribution in [0.3, 0.4) is 0 Å². The van der Waals surface area contributed by atoms with Gasteiger partial charge in [0.25, 0.3) is 0 Å². The highest BCUT2D eigenvalue weighted by Gasteiger charge is 2.06. The van der Waals surface area contributed by atoms with E-state index < -0.39 is 0 Å². The Morgan fingerprint density at radius 2 is 1.70 bits per heavy atom. The Labute approximate surface area is 136 Å². The number of ether oxygens (including phenoxy) is 2. The number of methoxy groups -OCH3 is 1. The molecule has 0 aliphatic heterocycles. The molecule has 120 valence electrons. The molecule has 0 saturated carbocycles. The molecule has 23 heavy (non-hydrogen) atoms. The molecular formula is C19H22N2O2. The van der Waals surface area contributed by atoms with Crippen LogP contribution in [0.4, 0.5) is 0 Å². The quantitative estimate of drug-likeness (QED) is 0.613. The van der Waals surface area contributed by atoms with Crippen LogP contribution >= 0.6 is 0 Å². The first kappa shape index (κ1) is 15.4. The van der Waals surface area contributed by atoms with E-state index in [1.54, 1.807) is 7.11 Å². The second kappa shape index (κ2) is 7.18. The minimum absolute atomic E-state index is 0.687. The van der Waals surface area contributed by atoms with Crippen LogP contribution in [-0.4, -0.2) is 23.3 Å². The van der Waals surface area contributed by atoms with Gasteiger partial charge in [-0.2, -0.15) is 0 Å². The number of benzene rings is 2. The molecule has 0 bridgehead atoms. The lowest BCUT2D eigenvalue weighted by molar-refractivity contribution is 0.284. The summed E-state index contributed by atoms with van der Waals surface area (Å²) in [4.78, 5) is 4.60. The van der Waals surface area contributed by atoms with E-state index in [1.165, 1.54) is 5.52 Å². The minimum atomic E-state index is 0.687. The standard InChI is InChI=1S/C19H22N2O2/c1-15-20-16-9-3-4-10-17(16)21(15)13-7-8-14-23-19-12-6-5-11-18(19)22-2/h3-6,9-12H,7-8,13-14H2,1-2H3. The van der Waals surface area contributed by atoms with Crippen molar-refractivity contribution in [2.45, 2.75) is 26.3 Å². The number of imidazole rings is 1.